The Hall–Kier alpha value is -3.42. The third-order valence-electron chi connectivity index (χ3n) is 4.04. The minimum atomic E-state index is -0.798. The van der Waals surface area contributed by atoms with Crippen LogP contribution in [-0.2, 0) is 20.7 Å². The van der Waals surface area contributed by atoms with Crippen molar-refractivity contribution in [1.29, 1.82) is 0 Å². The molecule has 0 radical (unpaired) electrons. The van der Waals surface area contributed by atoms with Crippen molar-refractivity contribution in [3.8, 4) is 5.75 Å². The van der Waals surface area contributed by atoms with E-state index >= 15 is 0 Å². The van der Waals surface area contributed by atoms with Crippen LogP contribution < -0.4 is 10.1 Å². The van der Waals surface area contributed by atoms with Crippen molar-refractivity contribution in [2.24, 2.45) is 0 Å². The molecule has 0 aromatic heterocycles. The lowest BCUT2D eigenvalue weighted by Crippen LogP contribution is -2.32. The first-order chi connectivity index (χ1) is 13.4. The smallest absolute Gasteiger partial charge is 0.344 e. The molecular formula is C20H22N2O6. The number of aryl methyl sites for hydroxylation is 1. The quantitative estimate of drug-likeness (QED) is 0.403. The van der Waals surface area contributed by atoms with E-state index in [-0.39, 0.29) is 17.5 Å². The molecule has 0 heterocycles. The first kappa shape index (κ1) is 20.9. The lowest BCUT2D eigenvalue weighted by molar-refractivity contribution is -0.385. The Balaban J connectivity index is 1.77. The highest BCUT2D eigenvalue weighted by Gasteiger charge is 2.16. The normalized spacial score (nSPS) is 11.4. The molecule has 28 heavy (non-hydrogen) atoms. The number of nitrogens with one attached hydrogen (secondary N) is 1. The maximum atomic E-state index is 12.0. The third-order valence-corrected chi connectivity index (χ3v) is 4.04. The molecule has 8 heteroatoms. The van der Waals surface area contributed by atoms with Crippen LogP contribution in [0.5, 0.6) is 5.75 Å². The number of esters is 1. The summed E-state index contributed by atoms with van der Waals surface area (Å²) in [5.41, 5.74) is 1.89. The molecule has 8 nitrogen and oxygen atoms in total. The number of benzene rings is 2. The van der Waals surface area contributed by atoms with Gasteiger partial charge in [0.2, 0.25) is 0 Å². The number of amides is 1. The van der Waals surface area contributed by atoms with E-state index in [1.54, 1.807) is 6.07 Å². The van der Waals surface area contributed by atoms with Crippen LogP contribution in [-0.4, -0.2) is 30.0 Å². The summed E-state index contributed by atoms with van der Waals surface area (Å²) < 4.78 is 9.97. The molecule has 0 saturated heterocycles. The number of nitro benzene ring substituents is 1. The minimum absolute atomic E-state index is 0.0435. The maximum Gasteiger partial charge on any atom is 0.344 e. The number of rotatable bonds is 9. The van der Waals surface area contributed by atoms with Crippen molar-refractivity contribution in [3.05, 3.63) is 69.8 Å². The summed E-state index contributed by atoms with van der Waals surface area (Å²) in [5, 5.41) is 13.6. The van der Waals surface area contributed by atoms with Gasteiger partial charge in [0.15, 0.2) is 19.0 Å². The highest BCUT2D eigenvalue weighted by atomic mass is 16.6. The highest BCUT2D eigenvalue weighted by molar-refractivity contribution is 5.81. The number of hydrogen-bond donors (Lipinski definition) is 1. The summed E-state index contributed by atoms with van der Waals surface area (Å²) in [6.45, 7) is 2.90. The molecule has 0 fully saturated rings. The van der Waals surface area contributed by atoms with Crippen LogP contribution in [0, 0.1) is 10.1 Å². The number of carbonyl (C=O) groups is 2. The Morgan fingerprint density at radius 1 is 1.11 bits per heavy atom. The molecule has 2 aromatic rings. The number of ether oxygens (including phenoxy) is 2. The molecule has 148 valence electrons. The van der Waals surface area contributed by atoms with Crippen LogP contribution in [0.3, 0.4) is 0 Å². The van der Waals surface area contributed by atoms with Crippen LogP contribution in [0.4, 0.5) is 5.69 Å². The summed E-state index contributed by atoms with van der Waals surface area (Å²) in [6.07, 6.45) is 0.936. The van der Waals surface area contributed by atoms with Gasteiger partial charge in [0.1, 0.15) is 0 Å². The summed E-state index contributed by atoms with van der Waals surface area (Å²) in [4.78, 5) is 34.0. The van der Waals surface area contributed by atoms with E-state index in [4.69, 9.17) is 9.47 Å². The van der Waals surface area contributed by atoms with Gasteiger partial charge in [-0.1, -0.05) is 43.3 Å². The summed E-state index contributed by atoms with van der Waals surface area (Å²) in [6, 6.07) is 13.3. The molecule has 0 aliphatic carbocycles. The molecule has 2 rings (SSSR count). The van der Waals surface area contributed by atoms with Crippen LogP contribution in [0.25, 0.3) is 0 Å². The van der Waals surface area contributed by atoms with Gasteiger partial charge < -0.3 is 14.8 Å². The van der Waals surface area contributed by atoms with Crippen molar-refractivity contribution in [2.75, 3.05) is 13.2 Å². The van der Waals surface area contributed by atoms with E-state index in [2.05, 4.69) is 12.2 Å². The van der Waals surface area contributed by atoms with Gasteiger partial charge in [-0.2, -0.15) is 0 Å². The van der Waals surface area contributed by atoms with Gasteiger partial charge in [-0.15, -0.1) is 0 Å². The number of nitro groups is 1. The van der Waals surface area contributed by atoms with Gasteiger partial charge in [-0.05, 0) is 30.5 Å². The van der Waals surface area contributed by atoms with Crippen LogP contribution in [0.15, 0.2) is 48.5 Å². The molecule has 1 amide bonds. The minimum Gasteiger partial charge on any atom is -0.475 e. The Morgan fingerprint density at radius 3 is 2.43 bits per heavy atom. The number of para-hydroxylation sites is 2. The van der Waals surface area contributed by atoms with Crippen molar-refractivity contribution in [3.63, 3.8) is 0 Å². The van der Waals surface area contributed by atoms with Crippen molar-refractivity contribution in [2.45, 2.75) is 26.3 Å². The number of carbonyl (C=O) groups excluding carboxylic acids is 2. The first-order valence-electron chi connectivity index (χ1n) is 8.80. The Labute approximate surface area is 162 Å². The second-order valence-electron chi connectivity index (χ2n) is 6.06. The number of nitrogens with zero attached hydrogens (tertiary/aromatic N) is 1. The predicted molar refractivity (Wildman–Crippen MR) is 102 cm³/mol. The molecule has 0 unspecified atom stereocenters. The lowest BCUT2D eigenvalue weighted by atomic mass is 10.1. The SMILES string of the molecule is CCc1ccc([C@H](C)NC(=O)COC(=O)COc2ccccc2[N+](=O)[O-])cc1. The third kappa shape index (κ3) is 6.08. The topological polar surface area (TPSA) is 108 Å². The zero-order valence-electron chi connectivity index (χ0n) is 15.7. The van der Waals surface area contributed by atoms with Crippen LogP contribution in [0.1, 0.15) is 31.0 Å². The van der Waals surface area contributed by atoms with Crippen molar-refractivity contribution >= 4 is 17.6 Å². The fourth-order valence-corrected chi connectivity index (χ4v) is 2.46. The molecule has 0 bridgehead atoms. The Bertz CT molecular complexity index is 835. The zero-order valence-corrected chi connectivity index (χ0v) is 15.7. The first-order valence-corrected chi connectivity index (χ1v) is 8.80. The number of hydrogen-bond acceptors (Lipinski definition) is 6. The van der Waals surface area contributed by atoms with Gasteiger partial charge in [-0.25, -0.2) is 4.79 Å². The van der Waals surface area contributed by atoms with Crippen molar-refractivity contribution < 1.29 is 24.0 Å². The van der Waals surface area contributed by atoms with Gasteiger partial charge in [0.05, 0.1) is 11.0 Å². The van der Waals surface area contributed by atoms with Crippen LogP contribution in [0.2, 0.25) is 0 Å². The molecule has 1 atom stereocenters. The second kappa shape index (κ2) is 10.1. The standard InChI is InChI=1S/C20H22N2O6/c1-3-15-8-10-16(11-9-15)14(2)21-19(23)12-28-20(24)13-27-18-7-5-4-6-17(18)22(25)26/h4-11,14H,3,12-13H2,1-2H3,(H,21,23)/t14-/m0/s1. The molecule has 0 aliphatic rings. The van der Waals surface area contributed by atoms with Gasteiger partial charge in [0.25, 0.3) is 5.91 Å². The molecule has 1 N–H and O–H groups in total. The Morgan fingerprint density at radius 2 is 1.79 bits per heavy atom. The highest BCUT2D eigenvalue weighted by Crippen LogP contribution is 2.25. The van der Waals surface area contributed by atoms with E-state index in [1.165, 1.54) is 23.8 Å². The van der Waals surface area contributed by atoms with E-state index in [0.29, 0.717) is 0 Å². The van der Waals surface area contributed by atoms with E-state index in [9.17, 15) is 19.7 Å². The van der Waals surface area contributed by atoms with E-state index < -0.39 is 30.0 Å². The lowest BCUT2D eigenvalue weighted by Gasteiger charge is -2.15. The average molecular weight is 386 g/mol. The average Bonchev–Trinajstić information content (AvgIpc) is 2.70. The van der Waals surface area contributed by atoms with Gasteiger partial charge in [0, 0.05) is 6.07 Å². The van der Waals surface area contributed by atoms with Gasteiger partial charge >= 0.3 is 11.7 Å². The fraction of sp³-hybridized carbons (Fsp3) is 0.300. The van der Waals surface area contributed by atoms with E-state index in [0.717, 1.165) is 12.0 Å². The summed E-state index contributed by atoms with van der Waals surface area (Å²) in [7, 11) is 0. The summed E-state index contributed by atoms with van der Waals surface area (Å²) in [5.74, 6) is -1.29. The molecule has 0 saturated carbocycles. The molecule has 0 spiro atoms. The van der Waals surface area contributed by atoms with Gasteiger partial charge in [-0.3, -0.25) is 14.9 Å². The molecule has 0 aliphatic heterocycles. The van der Waals surface area contributed by atoms with E-state index in [1.807, 2.05) is 31.2 Å². The van der Waals surface area contributed by atoms with Crippen LogP contribution >= 0.6 is 0 Å². The maximum absolute atomic E-state index is 12.0. The second-order valence-corrected chi connectivity index (χ2v) is 6.06. The van der Waals surface area contributed by atoms with Crippen molar-refractivity contribution in [1.82, 2.24) is 5.32 Å². The Kier molecular flexibility index (Phi) is 7.50. The largest absolute Gasteiger partial charge is 0.475 e. The molecule has 2 aromatic carbocycles. The predicted octanol–water partition coefficient (Wildman–Crippen LogP) is 2.96. The fourth-order valence-electron chi connectivity index (χ4n) is 2.46. The molecular weight excluding hydrogens is 364 g/mol. The summed E-state index contributed by atoms with van der Waals surface area (Å²) >= 11 is 0. The monoisotopic (exact) mass is 386 g/mol. The zero-order chi connectivity index (χ0) is 20.5.